The Morgan fingerprint density at radius 1 is 0.857 bits per heavy atom. The highest BCUT2D eigenvalue weighted by molar-refractivity contribution is 7.87. The molecular weight excluding hydrogens is 343 g/mol. The van der Waals surface area contributed by atoms with Gasteiger partial charge >= 0.3 is 20.4 Å². The molecule has 0 radical (unpaired) electrons. The predicted octanol–water partition coefficient (Wildman–Crippen LogP) is 3.39. The van der Waals surface area contributed by atoms with Crippen LogP contribution in [0.4, 0.5) is 20.9 Å². The van der Waals surface area contributed by atoms with Gasteiger partial charge in [-0.1, -0.05) is 14.9 Å². The Morgan fingerprint density at radius 2 is 1.10 bits per heavy atom. The third-order valence-corrected chi connectivity index (χ3v) is 3.13. The van der Waals surface area contributed by atoms with Crippen LogP contribution in [0.15, 0.2) is 0 Å². The van der Waals surface area contributed by atoms with E-state index in [1.54, 1.807) is 0 Å². The van der Waals surface area contributed by atoms with Crippen molar-refractivity contribution in [3.8, 4) is 0 Å². The van der Waals surface area contributed by atoms with E-state index < -0.39 is 51.0 Å². The van der Waals surface area contributed by atoms with Crippen molar-refractivity contribution in [2.24, 2.45) is 5.92 Å². The molecule has 0 aliphatic rings. The van der Waals surface area contributed by atoms with E-state index in [9.17, 15) is 37.8 Å². The van der Waals surface area contributed by atoms with Crippen molar-refractivity contribution < 1.29 is 37.8 Å². The lowest BCUT2D eigenvalue weighted by molar-refractivity contribution is 0.413. The van der Waals surface area contributed by atoms with Crippen molar-refractivity contribution in [2.75, 3.05) is 32.0 Å². The Morgan fingerprint density at radius 3 is 1.24 bits per heavy atom. The smallest absolute Gasteiger partial charge is 0.255 e. The highest BCUT2D eigenvalue weighted by Gasteiger charge is 2.24. The molecule has 11 heteroatoms. The lowest BCUT2D eigenvalue weighted by Gasteiger charge is -2.09. The average Bonchev–Trinajstić information content (AvgIpc) is 2.17. The molecule has 0 fully saturated rings. The van der Waals surface area contributed by atoms with E-state index in [0.717, 1.165) is 0 Å². The third-order valence-electron chi connectivity index (χ3n) is 1.39. The van der Waals surface area contributed by atoms with Crippen LogP contribution in [0.25, 0.3) is 0 Å². The van der Waals surface area contributed by atoms with E-state index in [2.05, 4.69) is 0 Å². The van der Waals surface area contributed by atoms with Crippen LogP contribution in [0, 0.1) is 5.92 Å². The second-order valence-electron chi connectivity index (χ2n) is 3.02. The van der Waals surface area contributed by atoms with Gasteiger partial charge in [0.15, 0.2) is 0 Å². The minimum Gasteiger partial charge on any atom is -0.255 e. The third kappa shape index (κ3) is 38.2. The summed E-state index contributed by atoms with van der Waals surface area (Å²) in [5.41, 5.74) is 0. The number of hydrogen-bond donors (Lipinski definition) is 0. The van der Waals surface area contributed by atoms with Crippen LogP contribution in [0.1, 0.15) is 28.2 Å². The zero-order chi connectivity index (χ0) is 16.1. The summed E-state index contributed by atoms with van der Waals surface area (Å²) in [6.45, 7) is 0.176. The fourth-order valence-electron chi connectivity index (χ4n) is 0.932. The molecule has 21 heavy (non-hydrogen) atoms. The molecule has 0 rings (SSSR count). The summed E-state index contributed by atoms with van der Waals surface area (Å²) < 4.78 is 96.1. The Kier molecular flexibility index (Phi) is 27.2. The Hall–Kier alpha value is -0.450. The largest absolute Gasteiger partial charge is 0.302 e. The maximum Gasteiger partial charge on any atom is 0.302 e. The van der Waals surface area contributed by atoms with E-state index in [0.29, 0.717) is 7.18 Å². The predicted molar refractivity (Wildman–Crippen MR) is 76.0 cm³/mol. The quantitative estimate of drug-likeness (QED) is 0.532. The summed E-state index contributed by atoms with van der Waals surface area (Å²) in [7, 11) is -9.33. The minimum absolute atomic E-state index is 0. The van der Waals surface area contributed by atoms with Crippen molar-refractivity contribution in [1.82, 2.24) is 0 Å². The summed E-state index contributed by atoms with van der Waals surface area (Å²) in [5, 5.41) is 0. The van der Waals surface area contributed by atoms with Crippen LogP contribution in [0.5, 0.6) is 0 Å². The molecule has 0 aliphatic heterocycles. The monoisotopic (exact) mass is 368 g/mol. The fraction of sp³-hybridized carbons (Fsp3) is 1.00. The normalized spacial score (nSPS) is 10.1. The van der Waals surface area contributed by atoms with E-state index >= 15 is 0 Å². The van der Waals surface area contributed by atoms with E-state index in [1.165, 1.54) is 6.92 Å². The van der Waals surface area contributed by atoms with Crippen LogP contribution in [-0.4, -0.2) is 48.9 Å². The molecule has 0 aliphatic carbocycles. The second-order valence-corrected chi connectivity index (χ2v) is 5.84. The van der Waals surface area contributed by atoms with Crippen LogP contribution in [-0.2, 0) is 20.4 Å². The van der Waals surface area contributed by atoms with Gasteiger partial charge in [0.1, 0.15) is 0 Å². The highest BCUT2D eigenvalue weighted by atomic mass is 32.3. The van der Waals surface area contributed by atoms with E-state index in [4.69, 9.17) is 0 Å². The van der Waals surface area contributed by atoms with Crippen molar-refractivity contribution >= 4 is 20.4 Å². The molecule has 0 N–H and O–H groups in total. The molecule has 0 aromatic rings. The number of halogens is 5. The highest BCUT2D eigenvalue weighted by Crippen LogP contribution is 2.12. The summed E-state index contributed by atoms with van der Waals surface area (Å²) in [6, 6.07) is 0. The first kappa shape index (κ1) is 32.5. The standard InChI is InChI=1S/C5H9F3O4S2.C2H5F.CH3F.2CH4/c6-2-1-5(3-13(7,9)10)4-14(8,11)12;1-2-3;1-2;;/h5H,1-4H2;2H2,1H3;1H3;2*1H4. The summed E-state index contributed by atoms with van der Waals surface area (Å²) in [5.74, 6) is -3.75. The average molecular weight is 368 g/mol. The molecule has 0 heterocycles. The van der Waals surface area contributed by atoms with Gasteiger partial charge in [-0.3, -0.25) is 13.2 Å². The van der Waals surface area contributed by atoms with Gasteiger partial charge in [0.2, 0.25) is 0 Å². The van der Waals surface area contributed by atoms with Gasteiger partial charge in [0.05, 0.1) is 32.0 Å². The maximum atomic E-state index is 12.1. The summed E-state index contributed by atoms with van der Waals surface area (Å²) in [6.07, 6.45) is -0.508. The molecule has 136 valence electrons. The first-order valence-electron chi connectivity index (χ1n) is 4.90. The van der Waals surface area contributed by atoms with Crippen molar-refractivity contribution in [3.63, 3.8) is 0 Å². The van der Waals surface area contributed by atoms with Crippen molar-refractivity contribution in [2.45, 2.75) is 28.2 Å². The molecule has 0 amide bonds. The zero-order valence-electron chi connectivity index (χ0n) is 10.5. The Bertz CT molecular complexity index is 350. The lowest BCUT2D eigenvalue weighted by Crippen LogP contribution is -2.20. The van der Waals surface area contributed by atoms with Gasteiger partial charge in [-0.05, 0) is 19.3 Å². The SMILES string of the molecule is C.C.CCF.CF.O=S(=O)(F)CC(CCF)CS(=O)(=O)F. The molecule has 0 saturated carbocycles. The summed E-state index contributed by atoms with van der Waals surface area (Å²) in [4.78, 5) is 0. The number of alkyl halides is 3. The first-order chi connectivity index (χ1) is 8.55. The van der Waals surface area contributed by atoms with Crippen LogP contribution < -0.4 is 0 Å². The molecular formula is C10H25F5O4S2. The Balaban J connectivity index is -0.000000108. The topological polar surface area (TPSA) is 68.3 Å². The van der Waals surface area contributed by atoms with Gasteiger partial charge in [-0.25, -0.2) is 0 Å². The molecule has 0 bridgehead atoms. The number of hydrogen-bond acceptors (Lipinski definition) is 4. The Labute approximate surface area is 125 Å². The van der Waals surface area contributed by atoms with Gasteiger partial charge in [-0.15, -0.1) is 7.77 Å². The molecule has 0 aromatic carbocycles. The van der Waals surface area contributed by atoms with Crippen molar-refractivity contribution in [3.05, 3.63) is 0 Å². The molecule has 4 nitrogen and oxygen atoms in total. The molecule has 0 aromatic heterocycles. The van der Waals surface area contributed by atoms with Gasteiger partial charge in [-0.2, -0.15) is 16.8 Å². The van der Waals surface area contributed by atoms with Gasteiger partial charge in [0, 0.05) is 0 Å². The molecule has 0 spiro atoms. The van der Waals surface area contributed by atoms with Crippen LogP contribution in [0.2, 0.25) is 0 Å². The second kappa shape index (κ2) is 17.6. The van der Waals surface area contributed by atoms with Crippen molar-refractivity contribution in [1.29, 1.82) is 0 Å². The number of rotatable bonds is 6. The minimum atomic E-state index is -4.92. The van der Waals surface area contributed by atoms with E-state index in [-0.39, 0.29) is 21.5 Å². The molecule has 0 atom stereocenters. The van der Waals surface area contributed by atoms with Crippen LogP contribution >= 0.6 is 0 Å². The maximum absolute atomic E-state index is 12.1. The summed E-state index contributed by atoms with van der Waals surface area (Å²) >= 11 is 0. The molecule has 0 saturated heterocycles. The van der Waals surface area contributed by atoms with Gasteiger partial charge in [0.25, 0.3) is 0 Å². The molecule has 0 unspecified atom stereocenters. The lowest BCUT2D eigenvalue weighted by atomic mass is 10.1. The van der Waals surface area contributed by atoms with Gasteiger partial charge < -0.3 is 0 Å². The zero-order valence-corrected chi connectivity index (χ0v) is 12.1. The first-order valence-corrected chi connectivity index (χ1v) is 8.00. The van der Waals surface area contributed by atoms with E-state index in [1.807, 2.05) is 0 Å². The van der Waals surface area contributed by atoms with Crippen LogP contribution in [0.3, 0.4) is 0 Å². The fourth-order valence-corrected chi connectivity index (χ4v) is 2.78.